The smallest absolute Gasteiger partial charge is 0.106 e. The summed E-state index contributed by atoms with van der Waals surface area (Å²) in [5, 5.41) is 25.0. The Labute approximate surface area is 104 Å². The van der Waals surface area contributed by atoms with Gasteiger partial charge < -0.3 is 10.2 Å². The molecule has 2 aromatic carbocycles. The average Bonchev–Trinajstić information content (AvgIpc) is 2.43. The largest absolute Gasteiger partial charge is 0.390 e. The Bertz CT molecular complexity index is 588. The molecular formula is C13H13N3O2. The fraction of sp³-hybridized carbons (Fsp3) is 0.231. The Balaban J connectivity index is 2.38. The standard InChI is InChI=1S/C13H13N3O2/c14-16-15-8-12(17)13(18)11-7-3-5-9-4-1-2-6-10(9)11/h1-7,12-13,17-18H,8H2. The molecule has 0 aliphatic heterocycles. The molecule has 0 fully saturated rings. The van der Waals surface area contributed by atoms with Gasteiger partial charge in [-0.25, -0.2) is 0 Å². The zero-order chi connectivity index (χ0) is 13.0. The number of nitrogens with zero attached hydrogens (tertiary/aromatic N) is 3. The zero-order valence-corrected chi connectivity index (χ0v) is 9.64. The van der Waals surface area contributed by atoms with Crippen LogP contribution in [0.15, 0.2) is 47.6 Å². The molecule has 2 N–H and O–H groups in total. The van der Waals surface area contributed by atoms with Crippen LogP contribution in [0.5, 0.6) is 0 Å². The highest BCUT2D eigenvalue weighted by Crippen LogP contribution is 2.26. The Kier molecular flexibility index (Phi) is 3.79. The lowest BCUT2D eigenvalue weighted by atomic mass is 9.97. The quantitative estimate of drug-likeness (QED) is 0.491. The first-order valence-corrected chi connectivity index (χ1v) is 5.58. The van der Waals surface area contributed by atoms with Crippen LogP contribution in [0.25, 0.3) is 21.2 Å². The van der Waals surface area contributed by atoms with Crippen LogP contribution >= 0.6 is 0 Å². The van der Waals surface area contributed by atoms with Gasteiger partial charge in [-0.2, -0.15) is 0 Å². The molecule has 0 heterocycles. The Hall–Kier alpha value is -2.07. The van der Waals surface area contributed by atoms with Crippen molar-refractivity contribution in [2.24, 2.45) is 5.11 Å². The summed E-state index contributed by atoms with van der Waals surface area (Å²) in [6.07, 6.45) is -2.17. The number of hydrogen-bond donors (Lipinski definition) is 2. The molecule has 0 bridgehead atoms. The van der Waals surface area contributed by atoms with E-state index in [1.165, 1.54) is 0 Å². The van der Waals surface area contributed by atoms with Crippen LogP contribution in [0.3, 0.4) is 0 Å². The van der Waals surface area contributed by atoms with Crippen LogP contribution in [0.4, 0.5) is 0 Å². The Morgan fingerprint density at radius 3 is 2.61 bits per heavy atom. The van der Waals surface area contributed by atoms with Crippen LogP contribution in [0.1, 0.15) is 11.7 Å². The van der Waals surface area contributed by atoms with E-state index in [2.05, 4.69) is 10.0 Å². The van der Waals surface area contributed by atoms with E-state index in [1.807, 2.05) is 36.4 Å². The molecule has 0 amide bonds. The Morgan fingerprint density at radius 2 is 1.83 bits per heavy atom. The fourth-order valence-corrected chi connectivity index (χ4v) is 1.94. The molecule has 0 saturated carbocycles. The van der Waals surface area contributed by atoms with Crippen LogP contribution in [0, 0.1) is 0 Å². The van der Waals surface area contributed by atoms with Crippen molar-refractivity contribution in [2.75, 3.05) is 6.54 Å². The highest BCUT2D eigenvalue weighted by atomic mass is 16.3. The van der Waals surface area contributed by atoms with Crippen molar-refractivity contribution >= 4 is 10.8 Å². The molecule has 2 aromatic rings. The predicted octanol–water partition coefficient (Wildman–Crippen LogP) is 2.54. The second-order valence-electron chi connectivity index (χ2n) is 3.99. The number of benzene rings is 2. The molecule has 0 aliphatic rings. The lowest BCUT2D eigenvalue weighted by Crippen LogP contribution is -2.21. The maximum Gasteiger partial charge on any atom is 0.106 e. The van der Waals surface area contributed by atoms with Crippen molar-refractivity contribution in [2.45, 2.75) is 12.2 Å². The third-order valence-corrected chi connectivity index (χ3v) is 2.84. The molecule has 0 saturated heterocycles. The number of aliphatic hydroxyl groups excluding tert-OH is 2. The number of fused-ring (bicyclic) bond motifs is 1. The summed E-state index contributed by atoms with van der Waals surface area (Å²) in [5.74, 6) is 0. The molecule has 92 valence electrons. The normalized spacial score (nSPS) is 13.9. The minimum Gasteiger partial charge on any atom is -0.390 e. The molecule has 2 unspecified atom stereocenters. The molecule has 2 atom stereocenters. The van der Waals surface area contributed by atoms with E-state index in [4.69, 9.17) is 5.53 Å². The second-order valence-corrected chi connectivity index (χ2v) is 3.99. The first-order valence-electron chi connectivity index (χ1n) is 5.58. The maximum atomic E-state index is 10.1. The Morgan fingerprint density at radius 1 is 1.11 bits per heavy atom. The molecule has 0 radical (unpaired) electrons. The van der Waals surface area contributed by atoms with Crippen molar-refractivity contribution in [1.29, 1.82) is 0 Å². The van der Waals surface area contributed by atoms with Gasteiger partial charge in [-0.05, 0) is 21.9 Å². The minimum absolute atomic E-state index is 0.152. The average molecular weight is 243 g/mol. The predicted molar refractivity (Wildman–Crippen MR) is 68.9 cm³/mol. The molecule has 18 heavy (non-hydrogen) atoms. The molecule has 0 spiro atoms. The molecule has 5 nitrogen and oxygen atoms in total. The van der Waals surface area contributed by atoms with E-state index in [1.54, 1.807) is 6.07 Å². The summed E-state index contributed by atoms with van der Waals surface area (Å²) >= 11 is 0. The fourth-order valence-electron chi connectivity index (χ4n) is 1.94. The number of hydrogen-bond acceptors (Lipinski definition) is 3. The van der Waals surface area contributed by atoms with Crippen molar-refractivity contribution < 1.29 is 10.2 Å². The van der Waals surface area contributed by atoms with E-state index < -0.39 is 12.2 Å². The van der Waals surface area contributed by atoms with E-state index in [0.29, 0.717) is 5.56 Å². The number of aliphatic hydroxyl groups is 2. The van der Waals surface area contributed by atoms with Gasteiger partial charge in [0.15, 0.2) is 0 Å². The van der Waals surface area contributed by atoms with Crippen LogP contribution in [-0.2, 0) is 0 Å². The summed E-state index contributed by atoms with van der Waals surface area (Å²) < 4.78 is 0. The summed E-state index contributed by atoms with van der Waals surface area (Å²) in [5.41, 5.74) is 8.84. The highest BCUT2D eigenvalue weighted by molar-refractivity contribution is 5.86. The van der Waals surface area contributed by atoms with Gasteiger partial charge in [0.05, 0.1) is 12.6 Å². The minimum atomic E-state index is -1.10. The van der Waals surface area contributed by atoms with Gasteiger partial charge in [-0.3, -0.25) is 0 Å². The third kappa shape index (κ3) is 2.43. The van der Waals surface area contributed by atoms with Gasteiger partial charge in [0, 0.05) is 4.91 Å². The molecule has 5 heteroatoms. The molecule has 0 aliphatic carbocycles. The molecular weight excluding hydrogens is 230 g/mol. The van der Waals surface area contributed by atoms with E-state index in [-0.39, 0.29) is 6.54 Å². The first-order chi connectivity index (χ1) is 8.74. The van der Waals surface area contributed by atoms with Crippen LogP contribution in [0.2, 0.25) is 0 Å². The van der Waals surface area contributed by atoms with Crippen molar-refractivity contribution in [3.05, 3.63) is 58.5 Å². The number of azide groups is 1. The molecule has 0 aromatic heterocycles. The van der Waals surface area contributed by atoms with E-state index in [0.717, 1.165) is 10.8 Å². The summed E-state index contributed by atoms with van der Waals surface area (Å²) in [7, 11) is 0. The maximum absolute atomic E-state index is 10.1. The lowest BCUT2D eigenvalue weighted by Gasteiger charge is -2.18. The van der Waals surface area contributed by atoms with Crippen LogP contribution in [-0.4, -0.2) is 22.9 Å². The van der Waals surface area contributed by atoms with Crippen molar-refractivity contribution in [3.8, 4) is 0 Å². The van der Waals surface area contributed by atoms with Gasteiger partial charge >= 0.3 is 0 Å². The summed E-state index contributed by atoms with van der Waals surface area (Å²) in [4.78, 5) is 2.57. The van der Waals surface area contributed by atoms with Gasteiger partial charge in [0.25, 0.3) is 0 Å². The molecule has 2 rings (SSSR count). The summed E-state index contributed by atoms with van der Waals surface area (Å²) in [6, 6.07) is 13.1. The highest BCUT2D eigenvalue weighted by Gasteiger charge is 2.19. The topological polar surface area (TPSA) is 89.2 Å². The zero-order valence-electron chi connectivity index (χ0n) is 9.64. The lowest BCUT2D eigenvalue weighted by molar-refractivity contribution is 0.0253. The van der Waals surface area contributed by atoms with Gasteiger partial charge in [-0.15, -0.1) is 0 Å². The van der Waals surface area contributed by atoms with Crippen molar-refractivity contribution in [1.82, 2.24) is 0 Å². The SMILES string of the molecule is [N-]=[N+]=NCC(O)C(O)c1cccc2ccccc12. The second kappa shape index (κ2) is 5.51. The van der Waals surface area contributed by atoms with Gasteiger partial charge in [0.2, 0.25) is 0 Å². The first kappa shape index (κ1) is 12.4. The third-order valence-electron chi connectivity index (χ3n) is 2.84. The monoisotopic (exact) mass is 243 g/mol. The van der Waals surface area contributed by atoms with Crippen LogP contribution < -0.4 is 0 Å². The van der Waals surface area contributed by atoms with Gasteiger partial charge in [-0.1, -0.05) is 47.6 Å². The van der Waals surface area contributed by atoms with E-state index in [9.17, 15) is 10.2 Å². The van der Waals surface area contributed by atoms with Gasteiger partial charge in [0.1, 0.15) is 6.10 Å². The van der Waals surface area contributed by atoms with E-state index >= 15 is 0 Å². The number of rotatable bonds is 4. The summed E-state index contributed by atoms with van der Waals surface area (Å²) in [6.45, 7) is -0.152. The van der Waals surface area contributed by atoms with Crippen molar-refractivity contribution in [3.63, 3.8) is 0 Å².